The predicted octanol–water partition coefficient (Wildman–Crippen LogP) is 3.38. The van der Waals surface area contributed by atoms with E-state index in [-0.39, 0.29) is 0 Å². The van der Waals surface area contributed by atoms with Crippen LogP contribution in [-0.2, 0) is 11.3 Å². The molecule has 27 heavy (non-hydrogen) atoms. The van der Waals surface area contributed by atoms with Crippen molar-refractivity contribution >= 4 is 17.5 Å². The SMILES string of the molecule is CCOC(=O)c1c2n(c(-c3ccccc3)nc1=Nc1ccccc1)CCN2. The zero-order chi connectivity index (χ0) is 18.6. The molecule has 0 unspecified atom stereocenters. The number of hydrogen-bond acceptors (Lipinski definition) is 5. The summed E-state index contributed by atoms with van der Waals surface area (Å²) in [6.07, 6.45) is 0. The van der Waals surface area contributed by atoms with Gasteiger partial charge in [0.2, 0.25) is 0 Å². The third-order valence-electron chi connectivity index (χ3n) is 4.33. The van der Waals surface area contributed by atoms with Gasteiger partial charge in [0.25, 0.3) is 0 Å². The second kappa shape index (κ2) is 7.45. The zero-order valence-corrected chi connectivity index (χ0v) is 15.1. The molecule has 1 N–H and O–H groups in total. The molecule has 0 saturated carbocycles. The minimum atomic E-state index is -0.419. The zero-order valence-electron chi connectivity index (χ0n) is 15.1. The number of carbonyl (C=O) groups excluding carboxylic acids is 1. The fraction of sp³-hybridized carbons (Fsp3) is 0.190. The van der Waals surface area contributed by atoms with Crippen molar-refractivity contribution in [2.75, 3.05) is 18.5 Å². The normalized spacial score (nSPS) is 13.1. The Morgan fingerprint density at radius 2 is 1.85 bits per heavy atom. The van der Waals surface area contributed by atoms with Crippen molar-refractivity contribution in [3.8, 4) is 11.4 Å². The van der Waals surface area contributed by atoms with E-state index in [0.29, 0.717) is 23.5 Å². The smallest absolute Gasteiger partial charge is 0.345 e. The number of esters is 1. The molecule has 3 aromatic rings. The first-order chi connectivity index (χ1) is 13.3. The highest BCUT2D eigenvalue weighted by atomic mass is 16.5. The molecule has 1 aliphatic rings. The van der Waals surface area contributed by atoms with Gasteiger partial charge in [0.1, 0.15) is 17.2 Å². The van der Waals surface area contributed by atoms with Gasteiger partial charge in [-0.05, 0) is 19.1 Å². The number of ether oxygens (including phenoxy) is 1. The first-order valence-electron chi connectivity index (χ1n) is 8.99. The summed E-state index contributed by atoms with van der Waals surface area (Å²) >= 11 is 0. The summed E-state index contributed by atoms with van der Waals surface area (Å²) in [5.74, 6) is 1.06. The molecule has 1 aromatic heterocycles. The maximum absolute atomic E-state index is 12.7. The largest absolute Gasteiger partial charge is 0.462 e. The Balaban J connectivity index is 2.00. The van der Waals surface area contributed by atoms with Crippen LogP contribution in [0.5, 0.6) is 0 Å². The molecule has 2 aromatic carbocycles. The minimum absolute atomic E-state index is 0.295. The van der Waals surface area contributed by atoms with Gasteiger partial charge >= 0.3 is 5.97 Å². The number of anilines is 1. The summed E-state index contributed by atoms with van der Waals surface area (Å²) in [5, 5.41) is 3.31. The van der Waals surface area contributed by atoms with Gasteiger partial charge in [-0.15, -0.1) is 0 Å². The number of nitrogens with one attached hydrogen (secondary N) is 1. The maximum Gasteiger partial charge on any atom is 0.345 e. The van der Waals surface area contributed by atoms with Crippen molar-refractivity contribution in [1.82, 2.24) is 9.55 Å². The Bertz CT molecular complexity index is 1030. The summed E-state index contributed by atoms with van der Waals surface area (Å²) in [6.45, 7) is 3.54. The number of benzene rings is 2. The monoisotopic (exact) mass is 360 g/mol. The van der Waals surface area contributed by atoms with E-state index in [4.69, 9.17) is 9.72 Å². The molecule has 6 heteroatoms. The average molecular weight is 360 g/mol. The number of nitrogens with zero attached hydrogens (tertiary/aromatic N) is 3. The van der Waals surface area contributed by atoms with Crippen LogP contribution in [0.1, 0.15) is 17.3 Å². The van der Waals surface area contributed by atoms with Crippen LogP contribution >= 0.6 is 0 Å². The number of carbonyl (C=O) groups is 1. The van der Waals surface area contributed by atoms with Gasteiger partial charge in [-0.2, -0.15) is 0 Å². The molecule has 0 atom stereocenters. The van der Waals surface area contributed by atoms with E-state index < -0.39 is 5.97 Å². The lowest BCUT2D eigenvalue weighted by Crippen LogP contribution is -2.26. The Kier molecular flexibility index (Phi) is 4.70. The third kappa shape index (κ3) is 3.33. The first kappa shape index (κ1) is 17.0. The lowest BCUT2D eigenvalue weighted by molar-refractivity contribution is 0.0524. The van der Waals surface area contributed by atoms with Crippen LogP contribution in [0.2, 0.25) is 0 Å². The highest BCUT2D eigenvalue weighted by Crippen LogP contribution is 2.26. The van der Waals surface area contributed by atoms with Crippen molar-refractivity contribution in [2.24, 2.45) is 4.99 Å². The Morgan fingerprint density at radius 3 is 2.56 bits per heavy atom. The standard InChI is InChI=1S/C21H20N4O2/c1-2-27-21(26)17-18(23-16-11-7-4-8-12-16)24-19(15-9-5-3-6-10-15)25-14-13-22-20(17)25/h3-12,22H,2,13-14H2,1H3. The van der Waals surface area contributed by atoms with Gasteiger partial charge in [-0.1, -0.05) is 48.5 Å². The molecule has 0 bridgehead atoms. The molecule has 4 rings (SSSR count). The highest BCUT2D eigenvalue weighted by molar-refractivity contribution is 5.95. The molecule has 2 heterocycles. The van der Waals surface area contributed by atoms with Gasteiger partial charge < -0.3 is 14.6 Å². The van der Waals surface area contributed by atoms with Crippen molar-refractivity contribution in [3.63, 3.8) is 0 Å². The molecule has 6 nitrogen and oxygen atoms in total. The van der Waals surface area contributed by atoms with Crippen LogP contribution in [0.15, 0.2) is 65.7 Å². The van der Waals surface area contributed by atoms with Crippen molar-refractivity contribution < 1.29 is 9.53 Å². The molecule has 136 valence electrons. The number of aromatic nitrogens is 2. The lowest BCUT2D eigenvalue weighted by atomic mass is 10.2. The van der Waals surface area contributed by atoms with Gasteiger partial charge in [-0.3, -0.25) is 0 Å². The first-order valence-corrected chi connectivity index (χ1v) is 8.99. The van der Waals surface area contributed by atoms with Crippen molar-refractivity contribution in [3.05, 3.63) is 71.7 Å². The molecular weight excluding hydrogens is 340 g/mol. The van der Waals surface area contributed by atoms with Crippen LogP contribution in [0.4, 0.5) is 11.5 Å². The number of hydrogen-bond donors (Lipinski definition) is 1. The van der Waals surface area contributed by atoms with Crippen molar-refractivity contribution in [2.45, 2.75) is 13.5 Å². The molecule has 1 aliphatic heterocycles. The number of rotatable bonds is 4. The third-order valence-corrected chi connectivity index (χ3v) is 4.33. The van der Waals surface area contributed by atoms with Gasteiger partial charge in [-0.25, -0.2) is 14.8 Å². The summed E-state index contributed by atoms with van der Waals surface area (Å²) in [5.41, 5.74) is 2.44. The molecule has 0 saturated heterocycles. The summed E-state index contributed by atoms with van der Waals surface area (Å²) in [6, 6.07) is 19.4. The van der Waals surface area contributed by atoms with Crippen molar-refractivity contribution in [1.29, 1.82) is 0 Å². The van der Waals surface area contributed by atoms with E-state index in [1.54, 1.807) is 6.92 Å². The summed E-state index contributed by atoms with van der Waals surface area (Å²) < 4.78 is 7.30. The van der Waals surface area contributed by atoms with Crippen LogP contribution < -0.4 is 10.8 Å². The minimum Gasteiger partial charge on any atom is -0.462 e. The maximum atomic E-state index is 12.7. The van der Waals surface area contributed by atoms with E-state index in [0.717, 1.165) is 30.2 Å². The second-order valence-corrected chi connectivity index (χ2v) is 6.09. The van der Waals surface area contributed by atoms with Gasteiger partial charge in [0, 0.05) is 18.7 Å². The predicted molar refractivity (Wildman–Crippen MR) is 104 cm³/mol. The second-order valence-electron chi connectivity index (χ2n) is 6.09. The fourth-order valence-electron chi connectivity index (χ4n) is 3.16. The summed E-state index contributed by atoms with van der Waals surface area (Å²) in [7, 11) is 0. The number of fused-ring (bicyclic) bond motifs is 1. The van der Waals surface area contributed by atoms with Crippen LogP contribution in [0.3, 0.4) is 0 Å². The van der Waals surface area contributed by atoms with Crippen LogP contribution in [0, 0.1) is 0 Å². The average Bonchev–Trinajstić information content (AvgIpc) is 3.18. The topological polar surface area (TPSA) is 68.5 Å². The van der Waals surface area contributed by atoms with Gasteiger partial charge in [0.15, 0.2) is 5.49 Å². The molecule has 0 amide bonds. The van der Waals surface area contributed by atoms with Crippen LogP contribution in [0.25, 0.3) is 11.4 Å². The lowest BCUT2D eigenvalue weighted by Gasteiger charge is -2.14. The number of para-hydroxylation sites is 1. The molecule has 0 aliphatic carbocycles. The van der Waals surface area contributed by atoms with E-state index >= 15 is 0 Å². The van der Waals surface area contributed by atoms with E-state index in [1.165, 1.54) is 0 Å². The quantitative estimate of drug-likeness (QED) is 0.724. The molecular formula is C21H20N4O2. The Hall–Kier alpha value is -3.41. The highest BCUT2D eigenvalue weighted by Gasteiger charge is 2.26. The fourth-order valence-corrected chi connectivity index (χ4v) is 3.16. The van der Waals surface area contributed by atoms with Gasteiger partial charge in [0.05, 0.1) is 12.3 Å². The molecule has 0 radical (unpaired) electrons. The van der Waals surface area contributed by atoms with E-state index in [1.807, 2.05) is 65.2 Å². The molecule has 0 fully saturated rings. The van der Waals surface area contributed by atoms with E-state index in [9.17, 15) is 4.79 Å². The Labute approximate surface area is 157 Å². The van der Waals surface area contributed by atoms with E-state index in [2.05, 4.69) is 10.3 Å². The summed E-state index contributed by atoms with van der Waals surface area (Å²) in [4.78, 5) is 22.1. The molecule has 0 spiro atoms. The van der Waals surface area contributed by atoms with Crippen LogP contribution in [-0.4, -0.2) is 28.7 Å². The Morgan fingerprint density at radius 1 is 1.15 bits per heavy atom.